The van der Waals surface area contributed by atoms with E-state index in [1.165, 1.54) is 0 Å². The number of aliphatic carboxylic acids is 1. The summed E-state index contributed by atoms with van der Waals surface area (Å²) in [6.07, 6.45) is 0.507. The van der Waals surface area contributed by atoms with Gasteiger partial charge >= 0.3 is 5.97 Å². The van der Waals surface area contributed by atoms with E-state index in [2.05, 4.69) is 5.32 Å². The fourth-order valence-electron chi connectivity index (χ4n) is 2.93. The number of carbonyl (C=O) groups excluding carboxylic acids is 2. The van der Waals surface area contributed by atoms with Gasteiger partial charge in [-0.2, -0.15) is 0 Å². The normalized spacial score (nSPS) is 13.7. The van der Waals surface area contributed by atoms with E-state index < -0.39 is 35.4 Å². The molecule has 7 heteroatoms. The average molecular weight is 392 g/mol. The molecule has 2 amide bonds. The Bertz CT molecular complexity index is 668. The van der Waals surface area contributed by atoms with Crippen molar-refractivity contribution in [3.63, 3.8) is 0 Å². The Morgan fingerprint density at radius 1 is 1.14 bits per heavy atom. The summed E-state index contributed by atoms with van der Waals surface area (Å²) in [6, 6.07) is 7.22. The van der Waals surface area contributed by atoms with Gasteiger partial charge in [-0.1, -0.05) is 44.2 Å². The molecule has 0 saturated carbocycles. The molecule has 4 N–H and O–H groups in total. The number of carbonyl (C=O) groups is 3. The van der Waals surface area contributed by atoms with Gasteiger partial charge < -0.3 is 21.1 Å². The minimum absolute atomic E-state index is 0.0347. The lowest BCUT2D eigenvalue weighted by Crippen LogP contribution is -2.56. The van der Waals surface area contributed by atoms with Crippen LogP contribution in [0.2, 0.25) is 0 Å². The van der Waals surface area contributed by atoms with Gasteiger partial charge in [0.1, 0.15) is 12.6 Å². The maximum atomic E-state index is 13.0. The lowest BCUT2D eigenvalue weighted by atomic mass is 10.00. The molecule has 0 fully saturated rings. The minimum Gasteiger partial charge on any atom is -0.480 e. The summed E-state index contributed by atoms with van der Waals surface area (Å²) < 4.78 is 0. The van der Waals surface area contributed by atoms with E-state index in [4.69, 9.17) is 5.73 Å². The van der Waals surface area contributed by atoms with E-state index >= 15 is 0 Å². The smallest absolute Gasteiger partial charge is 0.326 e. The molecule has 0 heterocycles. The van der Waals surface area contributed by atoms with Crippen molar-refractivity contribution in [2.24, 2.45) is 11.7 Å². The molecule has 7 nitrogen and oxygen atoms in total. The summed E-state index contributed by atoms with van der Waals surface area (Å²) in [7, 11) is 0. The molecule has 0 radical (unpaired) electrons. The van der Waals surface area contributed by atoms with Crippen molar-refractivity contribution in [1.82, 2.24) is 10.2 Å². The summed E-state index contributed by atoms with van der Waals surface area (Å²) in [4.78, 5) is 38.4. The van der Waals surface area contributed by atoms with Crippen LogP contribution in [0.5, 0.6) is 0 Å². The Morgan fingerprint density at radius 3 is 2.18 bits per heavy atom. The van der Waals surface area contributed by atoms with Crippen molar-refractivity contribution in [3.8, 4) is 0 Å². The van der Waals surface area contributed by atoms with Crippen LogP contribution in [0.15, 0.2) is 30.3 Å². The van der Waals surface area contributed by atoms with E-state index in [0.717, 1.165) is 10.5 Å². The fraction of sp³-hybridized carbons (Fsp3) is 0.571. The second kappa shape index (κ2) is 10.2. The molecular weight excluding hydrogens is 358 g/mol. The highest BCUT2D eigenvalue weighted by molar-refractivity contribution is 5.91. The molecule has 0 aromatic heterocycles. The van der Waals surface area contributed by atoms with E-state index in [1.807, 2.05) is 65.0 Å². The van der Waals surface area contributed by atoms with Gasteiger partial charge in [0.15, 0.2) is 0 Å². The van der Waals surface area contributed by atoms with Crippen LogP contribution < -0.4 is 11.1 Å². The summed E-state index contributed by atoms with van der Waals surface area (Å²) >= 11 is 0. The quantitative estimate of drug-likeness (QED) is 0.594. The number of rotatable bonds is 9. The third-order valence-electron chi connectivity index (χ3n) is 4.08. The molecule has 2 atom stereocenters. The number of carboxylic acids is 1. The van der Waals surface area contributed by atoms with Crippen LogP contribution in [-0.4, -0.2) is 52.0 Å². The summed E-state index contributed by atoms with van der Waals surface area (Å²) in [5, 5.41) is 12.5. The van der Waals surface area contributed by atoms with Gasteiger partial charge in [0.05, 0.1) is 6.04 Å². The Kier molecular flexibility index (Phi) is 8.63. The number of hydrogen-bond acceptors (Lipinski definition) is 4. The van der Waals surface area contributed by atoms with Crippen LogP contribution in [-0.2, 0) is 20.8 Å². The van der Waals surface area contributed by atoms with Crippen molar-refractivity contribution in [2.75, 3.05) is 6.54 Å². The third kappa shape index (κ3) is 8.08. The molecular formula is C21H33N3O4. The number of amides is 2. The van der Waals surface area contributed by atoms with Gasteiger partial charge in [0.2, 0.25) is 11.8 Å². The Labute approximate surface area is 167 Å². The number of nitrogens with two attached hydrogens (primary N) is 1. The van der Waals surface area contributed by atoms with E-state index in [-0.39, 0.29) is 25.3 Å². The summed E-state index contributed by atoms with van der Waals surface area (Å²) in [6.45, 7) is 8.86. The number of hydrogen-bond donors (Lipinski definition) is 3. The number of carboxylic acid groups (broad SMARTS) is 1. The predicted octanol–water partition coefficient (Wildman–Crippen LogP) is 1.80. The van der Waals surface area contributed by atoms with Crippen LogP contribution in [0.3, 0.4) is 0 Å². The van der Waals surface area contributed by atoms with Gasteiger partial charge in [-0.25, -0.2) is 4.79 Å². The highest BCUT2D eigenvalue weighted by atomic mass is 16.4. The molecule has 1 aromatic carbocycles. The lowest BCUT2D eigenvalue weighted by molar-refractivity contribution is -0.153. The minimum atomic E-state index is -1.14. The number of nitrogens with one attached hydrogen (secondary N) is 1. The molecule has 0 aliphatic rings. The molecule has 28 heavy (non-hydrogen) atoms. The van der Waals surface area contributed by atoms with Crippen LogP contribution in [0.4, 0.5) is 0 Å². The van der Waals surface area contributed by atoms with Gasteiger partial charge in [0.25, 0.3) is 0 Å². The molecule has 156 valence electrons. The van der Waals surface area contributed by atoms with Crippen molar-refractivity contribution in [2.45, 2.75) is 65.1 Å². The molecule has 0 aliphatic heterocycles. The van der Waals surface area contributed by atoms with Crippen molar-refractivity contribution in [3.05, 3.63) is 35.9 Å². The number of nitrogens with zero attached hydrogens (tertiary/aromatic N) is 1. The van der Waals surface area contributed by atoms with E-state index in [0.29, 0.717) is 0 Å². The fourth-order valence-corrected chi connectivity index (χ4v) is 2.93. The van der Waals surface area contributed by atoms with Gasteiger partial charge in [0, 0.05) is 5.54 Å². The summed E-state index contributed by atoms with van der Waals surface area (Å²) in [5.41, 5.74) is 6.49. The summed E-state index contributed by atoms with van der Waals surface area (Å²) in [5.74, 6) is -2.06. The molecule has 0 unspecified atom stereocenters. The molecule has 0 aliphatic carbocycles. The van der Waals surface area contributed by atoms with Crippen molar-refractivity contribution < 1.29 is 19.5 Å². The predicted molar refractivity (Wildman–Crippen MR) is 109 cm³/mol. The highest BCUT2D eigenvalue weighted by Crippen LogP contribution is 2.15. The van der Waals surface area contributed by atoms with Crippen LogP contribution >= 0.6 is 0 Å². The van der Waals surface area contributed by atoms with Crippen LogP contribution in [0.1, 0.15) is 46.6 Å². The average Bonchev–Trinajstić information content (AvgIpc) is 2.56. The molecule has 1 rings (SSSR count). The number of benzene rings is 1. The maximum absolute atomic E-state index is 13.0. The second-order valence-corrected chi connectivity index (χ2v) is 8.54. The zero-order chi connectivity index (χ0) is 21.5. The first-order valence-corrected chi connectivity index (χ1v) is 9.54. The monoisotopic (exact) mass is 391 g/mol. The van der Waals surface area contributed by atoms with Gasteiger partial charge in [-0.3, -0.25) is 9.59 Å². The lowest BCUT2D eigenvalue weighted by Gasteiger charge is -2.32. The first-order chi connectivity index (χ1) is 12.9. The third-order valence-corrected chi connectivity index (χ3v) is 4.08. The second-order valence-electron chi connectivity index (χ2n) is 8.54. The van der Waals surface area contributed by atoms with E-state index in [1.54, 1.807) is 0 Å². The Hall–Kier alpha value is -2.41. The topological polar surface area (TPSA) is 113 Å². The zero-order valence-electron chi connectivity index (χ0n) is 17.4. The van der Waals surface area contributed by atoms with Gasteiger partial charge in [-0.05, 0) is 45.1 Å². The Morgan fingerprint density at radius 2 is 1.71 bits per heavy atom. The van der Waals surface area contributed by atoms with Crippen LogP contribution in [0, 0.1) is 5.92 Å². The van der Waals surface area contributed by atoms with Gasteiger partial charge in [-0.15, -0.1) is 0 Å². The standard InChI is InChI=1S/C21H33N3O4/c1-14(2)11-17(20(27)28)24(13-18(25)23-21(3,4)5)19(26)16(22)12-15-9-7-6-8-10-15/h6-10,14,16-17H,11-13,22H2,1-5H3,(H,23,25)(H,27,28)/t16-,17-/m0/s1. The highest BCUT2D eigenvalue weighted by Gasteiger charge is 2.34. The zero-order valence-corrected chi connectivity index (χ0v) is 17.4. The Balaban J connectivity index is 3.07. The maximum Gasteiger partial charge on any atom is 0.326 e. The largest absolute Gasteiger partial charge is 0.480 e. The molecule has 0 spiro atoms. The van der Waals surface area contributed by atoms with Crippen molar-refractivity contribution >= 4 is 17.8 Å². The SMILES string of the molecule is CC(C)C[C@@H](C(=O)O)N(CC(=O)NC(C)(C)C)C(=O)[C@@H](N)Cc1ccccc1. The van der Waals surface area contributed by atoms with E-state index in [9.17, 15) is 19.5 Å². The van der Waals surface area contributed by atoms with Crippen molar-refractivity contribution in [1.29, 1.82) is 0 Å². The van der Waals surface area contributed by atoms with Crippen LogP contribution in [0.25, 0.3) is 0 Å². The molecule has 0 bridgehead atoms. The first kappa shape index (κ1) is 23.6. The first-order valence-electron chi connectivity index (χ1n) is 9.54. The molecule has 1 aromatic rings. The molecule has 0 saturated heterocycles.